The summed E-state index contributed by atoms with van der Waals surface area (Å²) in [5.74, 6) is 2.89. The van der Waals surface area contributed by atoms with Crippen LogP contribution in [0.2, 0.25) is 0 Å². The van der Waals surface area contributed by atoms with Gasteiger partial charge < -0.3 is 15.0 Å². The van der Waals surface area contributed by atoms with E-state index in [1.807, 2.05) is 7.05 Å². The van der Waals surface area contributed by atoms with Crippen LogP contribution in [-0.2, 0) is 4.74 Å². The first-order chi connectivity index (χ1) is 11.3. The summed E-state index contributed by atoms with van der Waals surface area (Å²) in [4.78, 5) is 9.64. The molecule has 0 aromatic heterocycles. The molecule has 4 unspecified atom stereocenters. The van der Waals surface area contributed by atoms with Crippen LogP contribution in [0.25, 0.3) is 0 Å². The zero-order valence-corrected chi connectivity index (χ0v) is 14.5. The zero-order valence-electron chi connectivity index (χ0n) is 14.5. The Morgan fingerprint density at radius 3 is 2.61 bits per heavy atom. The number of rotatable bonds is 2. The number of fused-ring (bicyclic) bond motifs is 2. The van der Waals surface area contributed by atoms with Gasteiger partial charge in [0.15, 0.2) is 5.96 Å². The Hall–Kier alpha value is -0.810. The lowest BCUT2D eigenvalue weighted by Crippen LogP contribution is -2.51. The van der Waals surface area contributed by atoms with Crippen LogP contribution in [0.3, 0.4) is 0 Å². The maximum Gasteiger partial charge on any atom is 0.193 e. The van der Waals surface area contributed by atoms with Crippen molar-refractivity contribution in [2.24, 2.45) is 16.8 Å². The quantitative estimate of drug-likeness (QED) is 0.619. The molecule has 0 radical (unpaired) electrons. The third-order valence-corrected chi connectivity index (χ3v) is 6.44. The molecular formula is C18H32N4O. The lowest BCUT2D eigenvalue weighted by Gasteiger charge is -2.35. The molecule has 5 nitrogen and oxygen atoms in total. The van der Waals surface area contributed by atoms with Crippen molar-refractivity contribution in [3.05, 3.63) is 0 Å². The summed E-state index contributed by atoms with van der Waals surface area (Å²) >= 11 is 0. The zero-order chi connectivity index (χ0) is 15.6. The second kappa shape index (κ2) is 6.98. The van der Waals surface area contributed by atoms with E-state index in [-0.39, 0.29) is 0 Å². The van der Waals surface area contributed by atoms with E-state index in [1.165, 1.54) is 58.2 Å². The summed E-state index contributed by atoms with van der Waals surface area (Å²) < 4.78 is 6.07. The largest absolute Gasteiger partial charge is 0.373 e. The summed E-state index contributed by atoms with van der Waals surface area (Å²) in [6, 6.07) is 0.687. The highest BCUT2D eigenvalue weighted by molar-refractivity contribution is 5.80. The van der Waals surface area contributed by atoms with Crippen LogP contribution in [0.15, 0.2) is 4.99 Å². The van der Waals surface area contributed by atoms with Crippen LogP contribution in [0, 0.1) is 11.8 Å². The van der Waals surface area contributed by atoms with Gasteiger partial charge in [-0.25, -0.2) is 0 Å². The molecule has 1 N–H and O–H groups in total. The molecule has 4 atom stereocenters. The maximum atomic E-state index is 6.07. The van der Waals surface area contributed by atoms with E-state index in [0.717, 1.165) is 37.5 Å². The van der Waals surface area contributed by atoms with Gasteiger partial charge in [0.1, 0.15) is 0 Å². The molecule has 0 bridgehead atoms. The Bertz CT molecular complexity index is 427. The number of nitrogens with zero attached hydrogens (tertiary/aromatic N) is 3. The van der Waals surface area contributed by atoms with Crippen molar-refractivity contribution in [3.8, 4) is 0 Å². The van der Waals surface area contributed by atoms with E-state index >= 15 is 0 Å². The smallest absolute Gasteiger partial charge is 0.193 e. The number of likely N-dealkylation sites (tertiary alicyclic amines) is 1. The lowest BCUT2D eigenvalue weighted by molar-refractivity contribution is -0.0454. The standard InChI is InChI=1S/C18H32N4O/c1-19-18(22-10-14-5-2-3-6-15(14)11-22)20-9-17-12-21-8-4-7-16(21)13-23-17/h14-17H,2-13H2,1H3,(H,19,20). The second-order valence-electron chi connectivity index (χ2n) is 7.88. The number of hydrogen-bond acceptors (Lipinski definition) is 3. The van der Waals surface area contributed by atoms with Crippen molar-refractivity contribution < 1.29 is 4.74 Å². The van der Waals surface area contributed by atoms with Gasteiger partial charge in [0.2, 0.25) is 0 Å². The minimum Gasteiger partial charge on any atom is -0.373 e. The molecule has 4 aliphatic rings. The van der Waals surface area contributed by atoms with Crippen LogP contribution in [-0.4, -0.2) is 74.3 Å². The third kappa shape index (κ3) is 3.36. The average molecular weight is 320 g/mol. The van der Waals surface area contributed by atoms with Gasteiger partial charge in [-0.05, 0) is 44.1 Å². The topological polar surface area (TPSA) is 40.1 Å². The fraction of sp³-hybridized carbons (Fsp3) is 0.944. The highest BCUT2D eigenvalue weighted by Gasteiger charge is 2.36. The monoisotopic (exact) mass is 320 g/mol. The molecule has 3 aliphatic heterocycles. The fourth-order valence-corrected chi connectivity index (χ4v) is 5.13. The Kier molecular flexibility index (Phi) is 4.76. The molecule has 3 saturated heterocycles. The predicted molar refractivity (Wildman–Crippen MR) is 92.7 cm³/mol. The molecule has 5 heteroatoms. The number of hydrogen-bond donors (Lipinski definition) is 1. The number of morpholine rings is 1. The van der Waals surface area contributed by atoms with Crippen molar-refractivity contribution in [2.75, 3.05) is 46.4 Å². The van der Waals surface area contributed by atoms with Crippen molar-refractivity contribution in [3.63, 3.8) is 0 Å². The molecule has 0 aromatic carbocycles. The van der Waals surface area contributed by atoms with E-state index < -0.39 is 0 Å². The van der Waals surface area contributed by atoms with E-state index in [4.69, 9.17) is 4.74 Å². The molecule has 130 valence electrons. The lowest BCUT2D eigenvalue weighted by atomic mass is 9.82. The third-order valence-electron chi connectivity index (χ3n) is 6.44. The first kappa shape index (κ1) is 15.7. The molecule has 4 fully saturated rings. The van der Waals surface area contributed by atoms with Gasteiger partial charge in [0, 0.05) is 39.3 Å². The van der Waals surface area contributed by atoms with Gasteiger partial charge in [0.05, 0.1) is 12.7 Å². The van der Waals surface area contributed by atoms with Gasteiger partial charge in [0.25, 0.3) is 0 Å². The summed E-state index contributed by atoms with van der Waals surface area (Å²) in [7, 11) is 1.92. The molecule has 0 spiro atoms. The highest BCUT2D eigenvalue weighted by atomic mass is 16.5. The highest BCUT2D eigenvalue weighted by Crippen LogP contribution is 2.35. The summed E-state index contributed by atoms with van der Waals surface area (Å²) in [5, 5.41) is 3.59. The predicted octanol–water partition coefficient (Wildman–Crippen LogP) is 1.55. The molecule has 23 heavy (non-hydrogen) atoms. The Balaban J connectivity index is 1.27. The first-order valence-electron chi connectivity index (χ1n) is 9.64. The van der Waals surface area contributed by atoms with Gasteiger partial charge in [-0.3, -0.25) is 9.89 Å². The molecule has 1 aliphatic carbocycles. The molecular weight excluding hydrogens is 288 g/mol. The average Bonchev–Trinajstić information content (AvgIpc) is 3.21. The molecule has 4 rings (SSSR count). The first-order valence-corrected chi connectivity index (χ1v) is 9.64. The van der Waals surface area contributed by atoms with E-state index in [2.05, 4.69) is 20.1 Å². The number of ether oxygens (including phenoxy) is 1. The maximum absolute atomic E-state index is 6.07. The Morgan fingerprint density at radius 2 is 1.87 bits per heavy atom. The van der Waals surface area contributed by atoms with Gasteiger partial charge >= 0.3 is 0 Å². The SMILES string of the molecule is CN=C(NCC1CN2CCCC2CO1)N1CC2CCCCC2C1. The summed E-state index contributed by atoms with van der Waals surface area (Å²) in [5.41, 5.74) is 0. The molecule has 1 saturated carbocycles. The van der Waals surface area contributed by atoms with Crippen molar-refractivity contribution >= 4 is 5.96 Å². The minimum atomic E-state index is 0.311. The van der Waals surface area contributed by atoms with Crippen LogP contribution in [0.4, 0.5) is 0 Å². The van der Waals surface area contributed by atoms with Gasteiger partial charge in [-0.1, -0.05) is 12.8 Å². The van der Waals surface area contributed by atoms with E-state index in [0.29, 0.717) is 12.1 Å². The number of aliphatic imine (C=N–C) groups is 1. The van der Waals surface area contributed by atoms with Crippen LogP contribution < -0.4 is 5.32 Å². The van der Waals surface area contributed by atoms with E-state index in [9.17, 15) is 0 Å². The molecule has 0 aromatic rings. The van der Waals surface area contributed by atoms with Crippen molar-refractivity contribution in [1.29, 1.82) is 0 Å². The normalized spacial score (nSPS) is 38.5. The minimum absolute atomic E-state index is 0.311. The Labute approximate surface area is 140 Å². The molecule has 3 heterocycles. The Morgan fingerprint density at radius 1 is 1.09 bits per heavy atom. The summed E-state index contributed by atoms with van der Waals surface area (Å²) in [6.45, 7) is 6.54. The second-order valence-corrected chi connectivity index (χ2v) is 7.88. The van der Waals surface area contributed by atoms with E-state index in [1.54, 1.807) is 0 Å². The van der Waals surface area contributed by atoms with Crippen LogP contribution in [0.5, 0.6) is 0 Å². The molecule has 0 amide bonds. The number of nitrogens with one attached hydrogen (secondary N) is 1. The fourth-order valence-electron chi connectivity index (χ4n) is 5.13. The van der Waals surface area contributed by atoms with Crippen LogP contribution in [0.1, 0.15) is 38.5 Å². The number of guanidine groups is 1. The summed E-state index contributed by atoms with van der Waals surface area (Å²) in [6.07, 6.45) is 8.65. The van der Waals surface area contributed by atoms with Gasteiger partial charge in [-0.15, -0.1) is 0 Å². The van der Waals surface area contributed by atoms with Gasteiger partial charge in [-0.2, -0.15) is 0 Å². The van der Waals surface area contributed by atoms with Crippen LogP contribution >= 0.6 is 0 Å². The van der Waals surface area contributed by atoms with Crippen molar-refractivity contribution in [2.45, 2.75) is 50.7 Å². The van der Waals surface area contributed by atoms with Crippen molar-refractivity contribution in [1.82, 2.24) is 15.1 Å².